The second-order valence-electron chi connectivity index (χ2n) is 4.52. The van der Waals surface area contributed by atoms with Crippen LogP contribution in [0.1, 0.15) is 26.3 Å². The Morgan fingerprint density at radius 2 is 1.94 bits per heavy atom. The molecule has 0 spiro atoms. The van der Waals surface area contributed by atoms with Crippen molar-refractivity contribution in [2.75, 3.05) is 6.54 Å². The standard InChI is InChI=1S/C13H19Cl2NO2/c1-8(2)18-13-10(7-16-6-9(3)17)4-11(14)5-12(13)15/h4-5,8-9,16-17H,6-7H2,1-3H3/t9-/m0/s1. The average Bonchev–Trinajstić information content (AvgIpc) is 2.22. The van der Waals surface area contributed by atoms with Gasteiger partial charge in [0, 0.05) is 23.7 Å². The summed E-state index contributed by atoms with van der Waals surface area (Å²) in [6.45, 7) is 6.66. The smallest absolute Gasteiger partial charge is 0.142 e. The molecule has 1 rings (SSSR count). The first kappa shape index (κ1) is 15.6. The van der Waals surface area contributed by atoms with Gasteiger partial charge in [0.25, 0.3) is 0 Å². The predicted molar refractivity (Wildman–Crippen MR) is 75.6 cm³/mol. The van der Waals surface area contributed by atoms with E-state index in [1.807, 2.05) is 19.9 Å². The van der Waals surface area contributed by atoms with Crippen LogP contribution in [0.15, 0.2) is 12.1 Å². The van der Waals surface area contributed by atoms with E-state index in [0.29, 0.717) is 28.9 Å². The molecule has 0 amide bonds. The lowest BCUT2D eigenvalue weighted by molar-refractivity contribution is 0.190. The number of halogens is 2. The molecular weight excluding hydrogens is 273 g/mol. The van der Waals surface area contributed by atoms with Gasteiger partial charge < -0.3 is 15.2 Å². The molecule has 0 aliphatic rings. The van der Waals surface area contributed by atoms with E-state index in [1.54, 1.807) is 13.0 Å². The molecular formula is C13H19Cl2NO2. The fourth-order valence-corrected chi connectivity index (χ4v) is 2.11. The molecule has 1 atom stereocenters. The monoisotopic (exact) mass is 291 g/mol. The van der Waals surface area contributed by atoms with E-state index in [2.05, 4.69) is 5.32 Å². The Morgan fingerprint density at radius 1 is 1.28 bits per heavy atom. The van der Waals surface area contributed by atoms with Crippen LogP contribution in [-0.2, 0) is 6.54 Å². The van der Waals surface area contributed by atoms with Gasteiger partial charge >= 0.3 is 0 Å². The van der Waals surface area contributed by atoms with E-state index < -0.39 is 6.10 Å². The zero-order valence-electron chi connectivity index (χ0n) is 10.8. The van der Waals surface area contributed by atoms with Crippen LogP contribution in [0.3, 0.4) is 0 Å². The van der Waals surface area contributed by atoms with E-state index in [-0.39, 0.29) is 6.10 Å². The summed E-state index contributed by atoms with van der Waals surface area (Å²) in [6, 6.07) is 3.49. The Labute approximate surface area is 118 Å². The van der Waals surface area contributed by atoms with Crippen LogP contribution in [-0.4, -0.2) is 23.9 Å². The van der Waals surface area contributed by atoms with Gasteiger partial charge in [0.05, 0.1) is 17.2 Å². The summed E-state index contributed by atoms with van der Waals surface area (Å²) in [4.78, 5) is 0. The molecule has 1 aromatic carbocycles. The van der Waals surface area contributed by atoms with E-state index in [9.17, 15) is 5.11 Å². The number of hydrogen-bond acceptors (Lipinski definition) is 3. The Balaban J connectivity index is 2.85. The first-order chi connectivity index (χ1) is 8.40. The summed E-state index contributed by atoms with van der Waals surface area (Å²) < 4.78 is 5.70. The van der Waals surface area contributed by atoms with E-state index in [1.165, 1.54) is 0 Å². The number of ether oxygens (including phenoxy) is 1. The van der Waals surface area contributed by atoms with Gasteiger partial charge in [0.1, 0.15) is 5.75 Å². The Morgan fingerprint density at radius 3 is 2.50 bits per heavy atom. The Kier molecular flexibility index (Phi) is 6.22. The third-order valence-electron chi connectivity index (χ3n) is 2.19. The zero-order chi connectivity index (χ0) is 13.7. The minimum Gasteiger partial charge on any atom is -0.489 e. The van der Waals surface area contributed by atoms with Crippen LogP contribution >= 0.6 is 23.2 Å². The van der Waals surface area contributed by atoms with Crippen molar-refractivity contribution in [1.82, 2.24) is 5.32 Å². The number of rotatable bonds is 6. The summed E-state index contributed by atoms with van der Waals surface area (Å²) in [7, 11) is 0. The van der Waals surface area contributed by atoms with Crippen molar-refractivity contribution in [3.8, 4) is 5.75 Å². The van der Waals surface area contributed by atoms with Crippen LogP contribution in [0.2, 0.25) is 10.0 Å². The Hall–Kier alpha value is -0.480. The minimum absolute atomic E-state index is 0.0409. The van der Waals surface area contributed by atoms with Gasteiger partial charge in [0.15, 0.2) is 0 Å². The van der Waals surface area contributed by atoms with E-state index >= 15 is 0 Å². The van der Waals surface area contributed by atoms with Crippen LogP contribution in [0.5, 0.6) is 5.75 Å². The second-order valence-corrected chi connectivity index (χ2v) is 5.37. The quantitative estimate of drug-likeness (QED) is 0.845. The maximum atomic E-state index is 9.21. The molecule has 0 unspecified atom stereocenters. The molecule has 0 radical (unpaired) electrons. The van der Waals surface area contributed by atoms with Crippen molar-refractivity contribution < 1.29 is 9.84 Å². The van der Waals surface area contributed by atoms with Gasteiger partial charge in [0.2, 0.25) is 0 Å². The minimum atomic E-state index is -0.394. The number of nitrogens with one attached hydrogen (secondary N) is 1. The Bertz CT molecular complexity index is 395. The van der Waals surface area contributed by atoms with Crippen LogP contribution in [0.25, 0.3) is 0 Å². The third-order valence-corrected chi connectivity index (χ3v) is 2.69. The summed E-state index contributed by atoms with van der Waals surface area (Å²) in [5.41, 5.74) is 0.891. The highest BCUT2D eigenvalue weighted by atomic mass is 35.5. The van der Waals surface area contributed by atoms with Crippen molar-refractivity contribution in [2.45, 2.75) is 39.5 Å². The van der Waals surface area contributed by atoms with Gasteiger partial charge in [-0.2, -0.15) is 0 Å². The highest BCUT2D eigenvalue weighted by Crippen LogP contribution is 2.33. The summed E-state index contributed by atoms with van der Waals surface area (Å²) >= 11 is 12.1. The molecule has 0 fully saturated rings. The number of aliphatic hydroxyl groups is 1. The molecule has 0 heterocycles. The number of hydrogen-bond donors (Lipinski definition) is 2. The molecule has 1 aromatic rings. The van der Waals surface area contributed by atoms with Gasteiger partial charge in [-0.05, 0) is 32.9 Å². The van der Waals surface area contributed by atoms with Crippen molar-refractivity contribution in [3.05, 3.63) is 27.7 Å². The third kappa shape index (κ3) is 5.02. The fraction of sp³-hybridized carbons (Fsp3) is 0.538. The molecule has 0 aliphatic carbocycles. The largest absolute Gasteiger partial charge is 0.489 e. The first-order valence-corrected chi connectivity index (χ1v) is 6.69. The molecule has 0 aliphatic heterocycles. The molecule has 0 aromatic heterocycles. The van der Waals surface area contributed by atoms with Gasteiger partial charge in [-0.15, -0.1) is 0 Å². The predicted octanol–water partition coefficient (Wildman–Crippen LogP) is 3.25. The van der Waals surface area contributed by atoms with Crippen molar-refractivity contribution in [3.63, 3.8) is 0 Å². The van der Waals surface area contributed by atoms with Crippen LogP contribution in [0, 0.1) is 0 Å². The molecule has 0 saturated carbocycles. The summed E-state index contributed by atoms with van der Waals surface area (Å²) in [5.74, 6) is 0.647. The lowest BCUT2D eigenvalue weighted by atomic mass is 10.2. The lowest BCUT2D eigenvalue weighted by Gasteiger charge is -2.17. The van der Waals surface area contributed by atoms with E-state index in [0.717, 1.165) is 5.56 Å². The van der Waals surface area contributed by atoms with Crippen molar-refractivity contribution >= 4 is 23.2 Å². The molecule has 0 saturated heterocycles. The first-order valence-electron chi connectivity index (χ1n) is 5.93. The molecule has 102 valence electrons. The van der Waals surface area contributed by atoms with Gasteiger partial charge in [-0.1, -0.05) is 23.2 Å². The molecule has 18 heavy (non-hydrogen) atoms. The van der Waals surface area contributed by atoms with E-state index in [4.69, 9.17) is 27.9 Å². The van der Waals surface area contributed by atoms with Gasteiger partial charge in [-0.25, -0.2) is 0 Å². The SMILES string of the molecule is CC(C)Oc1c(Cl)cc(Cl)cc1CNC[C@H](C)O. The topological polar surface area (TPSA) is 41.5 Å². The molecule has 5 heteroatoms. The van der Waals surface area contributed by atoms with Crippen LogP contribution < -0.4 is 10.1 Å². The van der Waals surface area contributed by atoms with Crippen LogP contribution in [0.4, 0.5) is 0 Å². The maximum absolute atomic E-state index is 9.21. The summed E-state index contributed by atoms with van der Waals surface area (Å²) in [5, 5.41) is 13.4. The van der Waals surface area contributed by atoms with Crippen molar-refractivity contribution in [2.24, 2.45) is 0 Å². The molecule has 2 N–H and O–H groups in total. The second kappa shape index (κ2) is 7.19. The molecule has 0 bridgehead atoms. The average molecular weight is 292 g/mol. The zero-order valence-corrected chi connectivity index (χ0v) is 12.3. The summed E-state index contributed by atoms with van der Waals surface area (Å²) in [6.07, 6.45) is -0.353. The lowest BCUT2D eigenvalue weighted by Crippen LogP contribution is -2.24. The van der Waals surface area contributed by atoms with Crippen molar-refractivity contribution in [1.29, 1.82) is 0 Å². The highest BCUT2D eigenvalue weighted by Gasteiger charge is 2.12. The van der Waals surface area contributed by atoms with Gasteiger partial charge in [-0.3, -0.25) is 0 Å². The fourth-order valence-electron chi connectivity index (χ4n) is 1.53. The maximum Gasteiger partial charge on any atom is 0.142 e. The normalized spacial score (nSPS) is 12.8. The number of aliphatic hydroxyl groups excluding tert-OH is 1. The molecule has 3 nitrogen and oxygen atoms in total. The highest BCUT2D eigenvalue weighted by molar-refractivity contribution is 6.35. The number of benzene rings is 1.